The van der Waals surface area contributed by atoms with Crippen LogP contribution in [0.2, 0.25) is 0 Å². The standard InChI is InChI=1S/C84H57N3/c1-5-17-58(18-6-1)62-33-43-73(44-34-62)85(72-23-11-4-12-24-72)74-45-35-65(36-46-74)61-29-31-66(32-30-61)69-53-70(67-41-51-83-79(56-67)77-25-13-15-27-81(77)86(83)75-47-37-63(38-48-75)59-19-7-2-8-20-59)55-71(54-69)68-42-52-84-80(57-68)78-26-14-16-28-82(78)87(84)76-49-39-64(40-50-76)60-21-9-3-10-22-60/h1-57H. The summed E-state index contributed by atoms with van der Waals surface area (Å²) in [5.41, 5.74) is 26.8. The number of anilines is 3. The molecule has 2 heterocycles. The van der Waals surface area contributed by atoms with E-state index in [2.05, 4.69) is 360 Å². The highest BCUT2D eigenvalue weighted by Gasteiger charge is 2.19. The third kappa shape index (κ3) is 9.54. The number of para-hydroxylation sites is 3. The topological polar surface area (TPSA) is 13.1 Å². The van der Waals surface area contributed by atoms with Crippen molar-refractivity contribution in [1.82, 2.24) is 9.13 Å². The quantitative estimate of drug-likeness (QED) is 0.119. The van der Waals surface area contributed by atoms with Crippen LogP contribution in [0.4, 0.5) is 17.1 Å². The van der Waals surface area contributed by atoms with E-state index < -0.39 is 0 Å². The number of fused-ring (bicyclic) bond motifs is 6. The molecule has 0 fully saturated rings. The lowest BCUT2D eigenvalue weighted by Crippen LogP contribution is -2.09. The van der Waals surface area contributed by atoms with E-state index >= 15 is 0 Å². The molecule has 0 amide bonds. The van der Waals surface area contributed by atoms with Crippen LogP contribution < -0.4 is 4.90 Å². The van der Waals surface area contributed by atoms with E-state index in [9.17, 15) is 0 Å². The van der Waals surface area contributed by atoms with Crippen LogP contribution in [0.5, 0.6) is 0 Å². The summed E-state index contributed by atoms with van der Waals surface area (Å²) in [4.78, 5) is 2.33. The Morgan fingerprint density at radius 1 is 0.161 bits per heavy atom. The molecule has 0 spiro atoms. The molecule has 0 bridgehead atoms. The first-order valence-corrected chi connectivity index (χ1v) is 29.9. The molecule has 0 aliphatic heterocycles. The van der Waals surface area contributed by atoms with Gasteiger partial charge in [0, 0.05) is 50.0 Å². The zero-order chi connectivity index (χ0) is 57.6. The molecule has 0 aliphatic rings. The second-order valence-electron chi connectivity index (χ2n) is 22.5. The highest BCUT2D eigenvalue weighted by Crippen LogP contribution is 2.42. The average molecular weight is 1110 g/mol. The minimum absolute atomic E-state index is 1.10. The molecule has 408 valence electrons. The molecule has 16 rings (SSSR count). The van der Waals surface area contributed by atoms with Gasteiger partial charge in [-0.25, -0.2) is 0 Å². The monoisotopic (exact) mass is 1110 g/mol. The fraction of sp³-hybridized carbons (Fsp3) is 0. The van der Waals surface area contributed by atoms with Crippen LogP contribution in [0.25, 0.3) is 133 Å². The van der Waals surface area contributed by atoms with Crippen molar-refractivity contribution in [2.24, 2.45) is 0 Å². The second kappa shape index (κ2) is 21.9. The molecule has 0 saturated heterocycles. The Morgan fingerprint density at radius 3 is 0.793 bits per heavy atom. The Hall–Kier alpha value is -11.5. The van der Waals surface area contributed by atoms with Gasteiger partial charge in [0.1, 0.15) is 0 Å². The van der Waals surface area contributed by atoms with Gasteiger partial charge >= 0.3 is 0 Å². The summed E-state index contributed by atoms with van der Waals surface area (Å²) >= 11 is 0. The van der Waals surface area contributed by atoms with Crippen LogP contribution in [-0.4, -0.2) is 9.13 Å². The normalized spacial score (nSPS) is 11.4. The van der Waals surface area contributed by atoms with Crippen molar-refractivity contribution in [3.63, 3.8) is 0 Å². The van der Waals surface area contributed by atoms with E-state index in [0.29, 0.717) is 0 Å². The molecule has 0 radical (unpaired) electrons. The van der Waals surface area contributed by atoms with Crippen LogP contribution in [-0.2, 0) is 0 Å². The molecule has 0 unspecified atom stereocenters. The maximum Gasteiger partial charge on any atom is 0.0541 e. The smallest absolute Gasteiger partial charge is 0.0541 e. The molecule has 2 aromatic heterocycles. The molecule has 3 nitrogen and oxygen atoms in total. The van der Waals surface area contributed by atoms with E-state index in [1.165, 1.54) is 77.0 Å². The lowest BCUT2D eigenvalue weighted by molar-refractivity contribution is 1.18. The lowest BCUT2D eigenvalue weighted by atomic mass is 9.91. The van der Waals surface area contributed by atoms with Gasteiger partial charge in [-0.2, -0.15) is 0 Å². The largest absolute Gasteiger partial charge is 0.311 e. The fourth-order valence-electron chi connectivity index (χ4n) is 13.0. The van der Waals surface area contributed by atoms with E-state index in [0.717, 1.165) is 72.9 Å². The summed E-state index contributed by atoms with van der Waals surface area (Å²) in [5.74, 6) is 0. The molecule has 87 heavy (non-hydrogen) atoms. The predicted molar refractivity (Wildman–Crippen MR) is 368 cm³/mol. The minimum Gasteiger partial charge on any atom is -0.311 e. The van der Waals surface area contributed by atoms with Gasteiger partial charge in [0.15, 0.2) is 0 Å². The molecular weight excluding hydrogens is 1050 g/mol. The average Bonchev–Trinajstić information content (AvgIpc) is 1.86. The van der Waals surface area contributed by atoms with Gasteiger partial charge in [-0.05, 0) is 193 Å². The summed E-state index contributed by atoms with van der Waals surface area (Å²) in [6.07, 6.45) is 0. The van der Waals surface area contributed by atoms with Crippen molar-refractivity contribution >= 4 is 60.7 Å². The molecule has 14 aromatic carbocycles. The highest BCUT2D eigenvalue weighted by atomic mass is 15.1. The van der Waals surface area contributed by atoms with Crippen molar-refractivity contribution in [3.05, 3.63) is 346 Å². The third-order valence-electron chi connectivity index (χ3n) is 17.3. The van der Waals surface area contributed by atoms with Gasteiger partial charge in [-0.15, -0.1) is 0 Å². The van der Waals surface area contributed by atoms with Crippen LogP contribution in [0.15, 0.2) is 346 Å². The first-order valence-electron chi connectivity index (χ1n) is 29.9. The van der Waals surface area contributed by atoms with Crippen molar-refractivity contribution in [3.8, 4) is 89.3 Å². The molecule has 16 aromatic rings. The van der Waals surface area contributed by atoms with E-state index in [1.54, 1.807) is 0 Å². The molecule has 0 aliphatic carbocycles. The SMILES string of the molecule is c1ccc(-c2ccc(N(c3ccccc3)c3ccc(-c4ccc(-c5cc(-c6ccc7c(c6)c6ccccc6n7-c6ccc(-c7ccccc7)cc6)cc(-c6ccc7c(c6)c6ccccc6n7-c6ccc(-c7ccccc7)cc6)c5)cc4)cc3)cc2)cc1. The number of hydrogen-bond donors (Lipinski definition) is 0. The minimum atomic E-state index is 1.10. The van der Waals surface area contributed by atoms with E-state index in [1.807, 2.05) is 0 Å². The maximum absolute atomic E-state index is 2.41. The first-order chi connectivity index (χ1) is 43.1. The molecular formula is C84H57N3. The van der Waals surface area contributed by atoms with Gasteiger partial charge in [0.05, 0.1) is 22.1 Å². The van der Waals surface area contributed by atoms with Gasteiger partial charge in [-0.1, -0.05) is 231 Å². The second-order valence-corrected chi connectivity index (χ2v) is 22.5. The Labute approximate surface area is 506 Å². The van der Waals surface area contributed by atoms with Gasteiger partial charge in [0.25, 0.3) is 0 Å². The number of aromatic nitrogens is 2. The number of benzene rings is 14. The molecule has 0 N–H and O–H groups in total. The first kappa shape index (κ1) is 51.1. The van der Waals surface area contributed by atoms with Crippen molar-refractivity contribution in [2.45, 2.75) is 0 Å². The Bertz CT molecular complexity index is 4910. The maximum atomic E-state index is 2.41. The van der Waals surface area contributed by atoms with E-state index in [-0.39, 0.29) is 0 Å². The van der Waals surface area contributed by atoms with Crippen LogP contribution in [0.1, 0.15) is 0 Å². The summed E-state index contributed by atoms with van der Waals surface area (Å²) in [7, 11) is 0. The van der Waals surface area contributed by atoms with Crippen LogP contribution in [0, 0.1) is 0 Å². The Kier molecular flexibility index (Phi) is 12.9. The summed E-state index contributed by atoms with van der Waals surface area (Å²) in [5, 5.41) is 4.89. The number of hydrogen-bond acceptors (Lipinski definition) is 1. The molecule has 0 saturated carbocycles. The zero-order valence-electron chi connectivity index (χ0n) is 47.8. The third-order valence-corrected chi connectivity index (χ3v) is 17.3. The van der Waals surface area contributed by atoms with Gasteiger partial charge in [0.2, 0.25) is 0 Å². The van der Waals surface area contributed by atoms with Gasteiger partial charge in [-0.3, -0.25) is 0 Å². The molecule has 3 heteroatoms. The van der Waals surface area contributed by atoms with Gasteiger partial charge < -0.3 is 14.0 Å². The number of nitrogens with zero attached hydrogens (tertiary/aromatic N) is 3. The Morgan fingerprint density at radius 2 is 0.414 bits per heavy atom. The van der Waals surface area contributed by atoms with Crippen molar-refractivity contribution in [1.29, 1.82) is 0 Å². The highest BCUT2D eigenvalue weighted by molar-refractivity contribution is 6.12. The Balaban J connectivity index is 0.784. The number of rotatable bonds is 12. The summed E-state index contributed by atoms with van der Waals surface area (Å²) in [6, 6.07) is 126. The lowest BCUT2D eigenvalue weighted by Gasteiger charge is -2.26. The van der Waals surface area contributed by atoms with Crippen molar-refractivity contribution in [2.75, 3.05) is 4.90 Å². The van der Waals surface area contributed by atoms with Crippen molar-refractivity contribution < 1.29 is 0 Å². The summed E-state index contributed by atoms with van der Waals surface area (Å²) < 4.78 is 4.82. The molecule has 0 atom stereocenters. The van der Waals surface area contributed by atoms with E-state index in [4.69, 9.17) is 0 Å². The zero-order valence-corrected chi connectivity index (χ0v) is 47.8. The fourth-order valence-corrected chi connectivity index (χ4v) is 13.0. The predicted octanol–water partition coefficient (Wildman–Crippen LogP) is 23.0. The van der Waals surface area contributed by atoms with Crippen LogP contribution >= 0.6 is 0 Å². The van der Waals surface area contributed by atoms with Crippen LogP contribution in [0.3, 0.4) is 0 Å². The summed E-state index contributed by atoms with van der Waals surface area (Å²) in [6.45, 7) is 0.